The van der Waals surface area contributed by atoms with Crippen molar-refractivity contribution in [2.45, 2.75) is 40.0 Å². The maximum absolute atomic E-state index is 9.26. The molecule has 0 aromatic heterocycles. The highest BCUT2D eigenvalue weighted by atomic mass is 35.5. The van der Waals surface area contributed by atoms with E-state index in [2.05, 4.69) is 47.9 Å². The Balaban J connectivity index is 0.00000392. The largest absolute Gasteiger partial charge is 0.490 e. The van der Waals surface area contributed by atoms with Crippen LogP contribution >= 0.6 is 24.8 Å². The molecule has 0 radical (unpaired) electrons. The number of aliphatic hydroxyl groups excluding tert-OH is 1. The van der Waals surface area contributed by atoms with Crippen LogP contribution in [0.1, 0.15) is 30.5 Å². The molecule has 0 spiro atoms. The zero-order valence-corrected chi connectivity index (χ0v) is 19.1. The minimum Gasteiger partial charge on any atom is -0.490 e. The van der Waals surface area contributed by atoms with Gasteiger partial charge in [0.05, 0.1) is 12.7 Å². The predicted molar refractivity (Wildman–Crippen MR) is 124 cm³/mol. The van der Waals surface area contributed by atoms with E-state index in [0.29, 0.717) is 26.3 Å². The molecule has 29 heavy (non-hydrogen) atoms. The van der Waals surface area contributed by atoms with Crippen molar-refractivity contribution in [3.8, 4) is 11.5 Å². The molecule has 0 heterocycles. The Morgan fingerprint density at radius 1 is 0.966 bits per heavy atom. The number of nitrogens with one attached hydrogen (secondary N) is 2. The lowest BCUT2D eigenvalue weighted by Gasteiger charge is -2.17. The minimum absolute atomic E-state index is 0. The topological polar surface area (TPSA) is 62.8 Å². The molecule has 2 aromatic rings. The summed E-state index contributed by atoms with van der Waals surface area (Å²) in [5.74, 6) is 1.57. The highest BCUT2D eigenvalue weighted by molar-refractivity contribution is 5.85. The van der Waals surface area contributed by atoms with Gasteiger partial charge >= 0.3 is 0 Å². The highest BCUT2D eigenvalue weighted by Gasteiger charge is 2.11. The second kappa shape index (κ2) is 15.4. The quantitative estimate of drug-likeness (QED) is 0.433. The number of benzene rings is 2. The number of para-hydroxylation sites is 1. The molecular weight excluding hydrogens is 411 g/mol. The van der Waals surface area contributed by atoms with Crippen LogP contribution in [0.3, 0.4) is 0 Å². The fraction of sp³-hybridized carbons (Fsp3) is 0.455. The van der Waals surface area contributed by atoms with Gasteiger partial charge in [0.1, 0.15) is 6.61 Å². The lowest BCUT2D eigenvalue weighted by molar-refractivity contribution is 0.191. The van der Waals surface area contributed by atoms with Crippen LogP contribution in [0.15, 0.2) is 42.5 Å². The van der Waals surface area contributed by atoms with Gasteiger partial charge in [-0.15, -0.1) is 24.8 Å². The lowest BCUT2D eigenvalue weighted by atomic mass is 10.1. The number of rotatable bonds is 12. The number of aryl methyl sites for hydroxylation is 1. The van der Waals surface area contributed by atoms with Crippen molar-refractivity contribution in [3.05, 3.63) is 59.2 Å². The summed E-state index contributed by atoms with van der Waals surface area (Å²) in [5.41, 5.74) is 3.44. The molecule has 0 aliphatic carbocycles. The van der Waals surface area contributed by atoms with Crippen molar-refractivity contribution in [3.63, 3.8) is 0 Å². The van der Waals surface area contributed by atoms with Crippen molar-refractivity contribution < 1.29 is 14.6 Å². The Morgan fingerprint density at radius 3 is 2.31 bits per heavy atom. The third-order valence-electron chi connectivity index (χ3n) is 4.10. The van der Waals surface area contributed by atoms with Crippen molar-refractivity contribution in [2.75, 3.05) is 26.2 Å². The molecule has 0 aliphatic rings. The number of ether oxygens (including phenoxy) is 2. The average molecular weight is 445 g/mol. The second-order valence-electron chi connectivity index (χ2n) is 6.68. The van der Waals surface area contributed by atoms with Gasteiger partial charge in [-0.3, -0.25) is 0 Å². The van der Waals surface area contributed by atoms with Gasteiger partial charge < -0.3 is 25.2 Å². The first-order chi connectivity index (χ1) is 13.1. The van der Waals surface area contributed by atoms with Gasteiger partial charge in [0.25, 0.3) is 0 Å². The molecule has 0 bridgehead atoms. The molecule has 5 nitrogen and oxygen atoms in total. The summed E-state index contributed by atoms with van der Waals surface area (Å²) >= 11 is 0. The molecular formula is C22H34Cl2N2O3. The molecule has 2 rings (SSSR count). The Hall–Kier alpha value is -1.50. The van der Waals surface area contributed by atoms with Crippen LogP contribution in [0, 0.1) is 6.92 Å². The standard InChI is InChI=1S/C22H32N2O3.2ClH/c1-4-26-21-7-5-6-20(15-24-13-12-23-14-18(3)25)22(21)27-16-19-10-8-17(2)9-11-19;;/h5-11,18,23-25H,4,12-16H2,1-3H3;2*1H. The zero-order chi connectivity index (χ0) is 19.5. The maximum Gasteiger partial charge on any atom is 0.166 e. The Bertz CT molecular complexity index is 682. The van der Waals surface area contributed by atoms with E-state index in [0.717, 1.165) is 35.7 Å². The van der Waals surface area contributed by atoms with Crippen LogP contribution < -0.4 is 20.1 Å². The molecule has 164 valence electrons. The number of hydrogen-bond donors (Lipinski definition) is 3. The van der Waals surface area contributed by atoms with Crippen molar-refractivity contribution in [2.24, 2.45) is 0 Å². The van der Waals surface area contributed by atoms with Crippen LogP contribution in [0.2, 0.25) is 0 Å². The van der Waals surface area contributed by atoms with Crippen molar-refractivity contribution in [1.82, 2.24) is 10.6 Å². The number of aliphatic hydroxyl groups is 1. The summed E-state index contributed by atoms with van der Waals surface area (Å²) in [6, 6.07) is 14.4. The first kappa shape index (κ1) is 27.5. The van der Waals surface area contributed by atoms with Gasteiger partial charge in [0.15, 0.2) is 11.5 Å². The van der Waals surface area contributed by atoms with E-state index in [1.54, 1.807) is 6.92 Å². The van der Waals surface area contributed by atoms with Crippen LogP contribution in [-0.2, 0) is 13.2 Å². The van der Waals surface area contributed by atoms with Gasteiger partial charge in [-0.1, -0.05) is 42.0 Å². The molecule has 0 saturated carbocycles. The van der Waals surface area contributed by atoms with Crippen LogP contribution in [0.4, 0.5) is 0 Å². The first-order valence-electron chi connectivity index (χ1n) is 9.62. The van der Waals surface area contributed by atoms with Crippen molar-refractivity contribution in [1.29, 1.82) is 0 Å². The fourth-order valence-corrected chi connectivity index (χ4v) is 2.68. The third kappa shape index (κ3) is 10.2. The van der Waals surface area contributed by atoms with Gasteiger partial charge in [-0.05, 0) is 32.4 Å². The zero-order valence-electron chi connectivity index (χ0n) is 17.4. The number of halogens is 2. The predicted octanol–water partition coefficient (Wildman–Crippen LogP) is 3.88. The van der Waals surface area contributed by atoms with Crippen molar-refractivity contribution >= 4 is 24.8 Å². The molecule has 0 saturated heterocycles. The molecule has 1 atom stereocenters. The summed E-state index contributed by atoms with van der Waals surface area (Å²) in [6.07, 6.45) is -0.324. The third-order valence-corrected chi connectivity index (χ3v) is 4.10. The van der Waals surface area contributed by atoms with E-state index < -0.39 is 0 Å². The van der Waals surface area contributed by atoms with Crippen LogP contribution in [-0.4, -0.2) is 37.5 Å². The second-order valence-corrected chi connectivity index (χ2v) is 6.68. The summed E-state index contributed by atoms with van der Waals surface area (Å²) in [6.45, 7) is 9.84. The Morgan fingerprint density at radius 2 is 1.66 bits per heavy atom. The van der Waals surface area contributed by atoms with Gasteiger partial charge in [0.2, 0.25) is 0 Å². The molecule has 1 unspecified atom stereocenters. The maximum atomic E-state index is 9.26. The van der Waals surface area contributed by atoms with Crippen LogP contribution in [0.5, 0.6) is 11.5 Å². The SMILES string of the molecule is CCOc1cccc(CNCCNCC(C)O)c1OCc1ccc(C)cc1.Cl.Cl. The van der Waals surface area contributed by atoms with E-state index >= 15 is 0 Å². The minimum atomic E-state index is -0.324. The normalized spacial score (nSPS) is 11.2. The summed E-state index contributed by atoms with van der Waals surface area (Å²) in [4.78, 5) is 0. The number of hydrogen-bond acceptors (Lipinski definition) is 5. The molecule has 7 heteroatoms. The summed E-state index contributed by atoms with van der Waals surface area (Å²) < 4.78 is 11.9. The highest BCUT2D eigenvalue weighted by Crippen LogP contribution is 2.32. The Kier molecular flexibility index (Phi) is 14.6. The fourth-order valence-electron chi connectivity index (χ4n) is 2.68. The molecule has 3 N–H and O–H groups in total. The molecule has 0 fully saturated rings. The lowest BCUT2D eigenvalue weighted by Crippen LogP contribution is -2.31. The van der Waals surface area contributed by atoms with E-state index in [-0.39, 0.29) is 30.9 Å². The smallest absolute Gasteiger partial charge is 0.166 e. The summed E-state index contributed by atoms with van der Waals surface area (Å²) in [7, 11) is 0. The van der Waals surface area contributed by atoms with E-state index in [4.69, 9.17) is 9.47 Å². The van der Waals surface area contributed by atoms with E-state index in [1.807, 2.05) is 19.1 Å². The average Bonchev–Trinajstić information content (AvgIpc) is 2.65. The first-order valence-corrected chi connectivity index (χ1v) is 9.62. The van der Waals surface area contributed by atoms with Gasteiger partial charge in [0, 0.05) is 31.7 Å². The molecule has 2 aromatic carbocycles. The van der Waals surface area contributed by atoms with Crippen LogP contribution in [0.25, 0.3) is 0 Å². The van der Waals surface area contributed by atoms with E-state index in [9.17, 15) is 5.11 Å². The Labute approximate surface area is 187 Å². The van der Waals surface area contributed by atoms with E-state index in [1.165, 1.54) is 5.56 Å². The monoisotopic (exact) mass is 444 g/mol. The van der Waals surface area contributed by atoms with Gasteiger partial charge in [-0.25, -0.2) is 0 Å². The molecule has 0 aliphatic heterocycles. The van der Waals surface area contributed by atoms with Gasteiger partial charge in [-0.2, -0.15) is 0 Å². The summed E-state index contributed by atoms with van der Waals surface area (Å²) in [5, 5.41) is 15.9. The molecule has 0 amide bonds.